The number of ether oxygens (including phenoxy) is 2. The van der Waals surface area contributed by atoms with Crippen molar-refractivity contribution in [1.82, 2.24) is 4.98 Å². The zero-order valence-corrected chi connectivity index (χ0v) is 14.1. The molecule has 0 fully saturated rings. The summed E-state index contributed by atoms with van der Waals surface area (Å²) in [5, 5.41) is 2.77. The van der Waals surface area contributed by atoms with Crippen LogP contribution in [0.3, 0.4) is 0 Å². The van der Waals surface area contributed by atoms with Crippen molar-refractivity contribution in [3.63, 3.8) is 0 Å². The number of carbonyl (C=O) groups excluding carboxylic acids is 1. The normalized spacial score (nSPS) is 18.4. The minimum Gasteiger partial charge on any atom is -0.486 e. The molecule has 6 heteroatoms. The zero-order chi connectivity index (χ0) is 17.4. The lowest BCUT2D eigenvalue weighted by molar-refractivity contribution is 0.102. The second-order valence-corrected chi connectivity index (χ2v) is 6.68. The number of H-pyrrole nitrogens is 1. The molecule has 2 heterocycles. The Labute approximate surface area is 145 Å². The summed E-state index contributed by atoms with van der Waals surface area (Å²) in [7, 11) is 0. The van der Waals surface area contributed by atoms with E-state index in [1.54, 1.807) is 24.3 Å². The summed E-state index contributed by atoms with van der Waals surface area (Å²) in [4.78, 5) is 27.7. The third kappa shape index (κ3) is 3.12. The van der Waals surface area contributed by atoms with Crippen molar-refractivity contribution in [2.45, 2.75) is 26.2 Å². The standard InChI is InChI=1S/C19H20N2O4/c1-11-2-4-15-12(8-11)9-14(19(23)21-15)18(22)20-13-3-5-16-17(10-13)25-7-6-24-16/h3,5,9-11H,2,4,6-8H2,1H3,(H,20,22)(H,21,23). The molecule has 6 nitrogen and oxygen atoms in total. The predicted octanol–water partition coefficient (Wildman–Crippen LogP) is 2.52. The van der Waals surface area contributed by atoms with Gasteiger partial charge < -0.3 is 19.8 Å². The highest BCUT2D eigenvalue weighted by Gasteiger charge is 2.20. The summed E-state index contributed by atoms with van der Waals surface area (Å²) in [6.45, 7) is 3.18. The molecule has 130 valence electrons. The largest absolute Gasteiger partial charge is 0.486 e. The van der Waals surface area contributed by atoms with Crippen molar-refractivity contribution < 1.29 is 14.3 Å². The number of aryl methyl sites for hydroxylation is 1. The van der Waals surface area contributed by atoms with Crippen molar-refractivity contribution in [2.24, 2.45) is 5.92 Å². The van der Waals surface area contributed by atoms with Crippen LogP contribution in [0.4, 0.5) is 5.69 Å². The molecular weight excluding hydrogens is 320 g/mol. The quantitative estimate of drug-likeness (QED) is 0.880. The molecule has 0 radical (unpaired) electrons. The molecule has 25 heavy (non-hydrogen) atoms. The first-order valence-corrected chi connectivity index (χ1v) is 8.56. The number of aromatic nitrogens is 1. The SMILES string of the molecule is CC1CCc2[nH]c(=O)c(C(=O)Nc3ccc4c(c3)OCCO4)cc2C1. The molecule has 0 spiro atoms. The van der Waals surface area contributed by atoms with Crippen LogP contribution in [-0.2, 0) is 12.8 Å². The van der Waals surface area contributed by atoms with E-state index in [2.05, 4.69) is 17.2 Å². The van der Waals surface area contributed by atoms with Gasteiger partial charge in [0.1, 0.15) is 18.8 Å². The number of aromatic amines is 1. The summed E-state index contributed by atoms with van der Waals surface area (Å²) < 4.78 is 11.0. The summed E-state index contributed by atoms with van der Waals surface area (Å²) in [6.07, 6.45) is 2.80. The first kappa shape index (κ1) is 15.7. The number of hydrogen-bond acceptors (Lipinski definition) is 4. The number of hydrogen-bond donors (Lipinski definition) is 2. The van der Waals surface area contributed by atoms with Gasteiger partial charge in [0.15, 0.2) is 11.5 Å². The van der Waals surface area contributed by atoms with E-state index < -0.39 is 5.91 Å². The van der Waals surface area contributed by atoms with Gasteiger partial charge in [-0.1, -0.05) is 6.92 Å². The lowest BCUT2D eigenvalue weighted by atomic mass is 9.87. The Hall–Kier alpha value is -2.76. The average Bonchev–Trinajstić information content (AvgIpc) is 2.61. The van der Waals surface area contributed by atoms with E-state index in [0.717, 1.165) is 30.5 Å². The smallest absolute Gasteiger partial charge is 0.261 e. The van der Waals surface area contributed by atoms with Crippen molar-refractivity contribution in [2.75, 3.05) is 18.5 Å². The molecule has 0 bridgehead atoms. The van der Waals surface area contributed by atoms with Crippen molar-refractivity contribution in [1.29, 1.82) is 0 Å². The van der Waals surface area contributed by atoms with Gasteiger partial charge in [0.2, 0.25) is 0 Å². The number of anilines is 1. The highest BCUT2D eigenvalue weighted by atomic mass is 16.6. The van der Waals surface area contributed by atoms with Crippen LogP contribution < -0.4 is 20.3 Å². The average molecular weight is 340 g/mol. The third-order valence-electron chi connectivity index (χ3n) is 4.72. The maximum Gasteiger partial charge on any atom is 0.261 e. The monoisotopic (exact) mass is 340 g/mol. The number of carbonyl (C=O) groups is 1. The van der Waals surface area contributed by atoms with Crippen LogP contribution in [0.1, 0.15) is 35.0 Å². The fraction of sp³-hybridized carbons (Fsp3) is 0.368. The van der Waals surface area contributed by atoms with Crippen LogP contribution in [0.15, 0.2) is 29.1 Å². The molecule has 2 N–H and O–H groups in total. The van der Waals surface area contributed by atoms with Crippen LogP contribution in [0.2, 0.25) is 0 Å². The lowest BCUT2D eigenvalue weighted by Gasteiger charge is -2.21. The van der Waals surface area contributed by atoms with Crippen LogP contribution in [0.25, 0.3) is 0 Å². The summed E-state index contributed by atoms with van der Waals surface area (Å²) in [5.41, 5.74) is 2.38. The van der Waals surface area contributed by atoms with Crippen LogP contribution in [0, 0.1) is 5.92 Å². The van der Waals surface area contributed by atoms with E-state index in [-0.39, 0.29) is 11.1 Å². The molecule has 0 saturated carbocycles. The Morgan fingerprint density at radius 1 is 1.20 bits per heavy atom. The van der Waals surface area contributed by atoms with E-state index in [4.69, 9.17) is 9.47 Å². The molecule has 1 aliphatic carbocycles. The fourth-order valence-corrected chi connectivity index (χ4v) is 3.37. The molecule has 1 aromatic carbocycles. The Kier molecular flexibility index (Phi) is 3.95. The summed E-state index contributed by atoms with van der Waals surface area (Å²) in [6, 6.07) is 6.93. The van der Waals surface area contributed by atoms with E-state index >= 15 is 0 Å². The molecule has 0 saturated heterocycles. The van der Waals surface area contributed by atoms with Gasteiger partial charge in [0.25, 0.3) is 11.5 Å². The number of nitrogens with one attached hydrogen (secondary N) is 2. The summed E-state index contributed by atoms with van der Waals surface area (Å²) in [5.74, 6) is 1.40. The summed E-state index contributed by atoms with van der Waals surface area (Å²) >= 11 is 0. The minimum atomic E-state index is -0.418. The van der Waals surface area contributed by atoms with Crippen molar-refractivity contribution >= 4 is 11.6 Å². The number of pyridine rings is 1. The predicted molar refractivity (Wildman–Crippen MR) is 93.6 cm³/mol. The molecule has 1 amide bonds. The molecule has 1 aromatic heterocycles. The second-order valence-electron chi connectivity index (χ2n) is 6.68. The molecule has 1 atom stereocenters. The molecular formula is C19H20N2O4. The van der Waals surface area contributed by atoms with Gasteiger partial charge in [0.05, 0.1) is 0 Å². The van der Waals surface area contributed by atoms with E-state index in [1.807, 2.05) is 0 Å². The van der Waals surface area contributed by atoms with Gasteiger partial charge in [-0.05, 0) is 48.9 Å². The van der Waals surface area contributed by atoms with Crippen molar-refractivity contribution in [3.05, 3.63) is 51.4 Å². The molecule has 2 aliphatic rings. The Morgan fingerprint density at radius 3 is 2.84 bits per heavy atom. The van der Waals surface area contributed by atoms with Gasteiger partial charge in [0, 0.05) is 17.4 Å². The molecule has 2 aromatic rings. The number of benzene rings is 1. The fourth-order valence-electron chi connectivity index (χ4n) is 3.37. The lowest BCUT2D eigenvalue weighted by Crippen LogP contribution is -2.27. The number of rotatable bonds is 2. The highest BCUT2D eigenvalue weighted by molar-refractivity contribution is 6.04. The number of amides is 1. The third-order valence-corrected chi connectivity index (χ3v) is 4.72. The van der Waals surface area contributed by atoms with Gasteiger partial charge >= 0.3 is 0 Å². The molecule has 1 aliphatic heterocycles. The van der Waals surface area contributed by atoms with Crippen molar-refractivity contribution in [3.8, 4) is 11.5 Å². The maximum absolute atomic E-state index is 12.6. The van der Waals surface area contributed by atoms with Crippen LogP contribution in [-0.4, -0.2) is 24.1 Å². The first-order valence-electron chi connectivity index (χ1n) is 8.56. The topological polar surface area (TPSA) is 80.4 Å². The van der Waals surface area contributed by atoms with Gasteiger partial charge in [-0.25, -0.2) is 0 Å². The molecule has 4 rings (SSSR count). The highest BCUT2D eigenvalue weighted by Crippen LogP contribution is 2.32. The van der Waals surface area contributed by atoms with Crippen LogP contribution >= 0.6 is 0 Å². The Morgan fingerprint density at radius 2 is 2.00 bits per heavy atom. The Bertz CT molecular complexity index is 887. The maximum atomic E-state index is 12.6. The van der Waals surface area contributed by atoms with Gasteiger partial charge in [-0.3, -0.25) is 9.59 Å². The van der Waals surface area contributed by atoms with E-state index in [9.17, 15) is 9.59 Å². The first-order chi connectivity index (χ1) is 12.1. The Balaban J connectivity index is 1.59. The molecule has 1 unspecified atom stereocenters. The van der Waals surface area contributed by atoms with Gasteiger partial charge in [-0.2, -0.15) is 0 Å². The zero-order valence-electron chi connectivity index (χ0n) is 14.1. The minimum absolute atomic E-state index is 0.141. The van der Waals surface area contributed by atoms with E-state index in [0.29, 0.717) is 36.3 Å². The number of fused-ring (bicyclic) bond motifs is 2. The van der Waals surface area contributed by atoms with E-state index in [1.165, 1.54) is 0 Å². The van der Waals surface area contributed by atoms with Gasteiger partial charge in [-0.15, -0.1) is 0 Å². The van der Waals surface area contributed by atoms with Crippen LogP contribution in [0.5, 0.6) is 11.5 Å². The second kappa shape index (κ2) is 6.27.